The molecule has 0 saturated carbocycles. The number of anilines is 2. The van der Waals surface area contributed by atoms with Crippen molar-refractivity contribution in [3.63, 3.8) is 0 Å². The van der Waals surface area contributed by atoms with Crippen molar-refractivity contribution in [1.82, 2.24) is 9.55 Å². The zero-order valence-corrected chi connectivity index (χ0v) is 18.6. The maximum absolute atomic E-state index is 13.4. The van der Waals surface area contributed by atoms with Crippen molar-refractivity contribution in [2.24, 2.45) is 5.92 Å². The number of hydrogen-bond acceptors (Lipinski definition) is 6. The van der Waals surface area contributed by atoms with Gasteiger partial charge in [-0.3, -0.25) is 9.59 Å². The second-order valence-electron chi connectivity index (χ2n) is 8.19. The molecular formula is C24H28N4O4. The average Bonchev–Trinajstić information content (AvgIpc) is 2.81. The molecule has 8 heteroatoms. The maximum Gasteiger partial charge on any atom is 0.267 e. The lowest BCUT2D eigenvalue weighted by molar-refractivity contribution is 0.102. The largest absolute Gasteiger partial charge is 0.495 e. The fourth-order valence-corrected chi connectivity index (χ4v) is 4.02. The number of rotatable bonds is 6. The first-order valence-electron chi connectivity index (χ1n) is 10.8. The van der Waals surface area contributed by atoms with Gasteiger partial charge in [0.25, 0.3) is 11.5 Å². The molecule has 1 amide bonds. The minimum atomic E-state index is -0.540. The Morgan fingerprint density at radius 3 is 2.69 bits per heavy atom. The zero-order chi connectivity index (χ0) is 22.7. The van der Waals surface area contributed by atoms with Gasteiger partial charge < -0.3 is 24.3 Å². The van der Waals surface area contributed by atoms with E-state index in [1.165, 1.54) is 7.11 Å². The van der Waals surface area contributed by atoms with E-state index >= 15 is 0 Å². The molecule has 1 saturated heterocycles. The lowest BCUT2D eigenvalue weighted by Gasteiger charge is -2.28. The Kier molecular flexibility index (Phi) is 6.41. The van der Waals surface area contributed by atoms with Crippen LogP contribution in [-0.4, -0.2) is 48.9 Å². The maximum atomic E-state index is 13.4. The van der Waals surface area contributed by atoms with Gasteiger partial charge in [0.05, 0.1) is 25.8 Å². The standard InChI is InChI=1S/C24H28N4O4/c1-16(2)15-28-19-7-5-4-6-18(19)22(31-3)21(24(28)30)23(29)26-20-14-17(8-9-25-20)27-10-12-32-13-11-27/h4-9,14,16H,10-13,15H2,1-3H3,(H,25,26,29). The molecule has 2 aromatic heterocycles. The van der Waals surface area contributed by atoms with Crippen LogP contribution in [0.25, 0.3) is 10.9 Å². The van der Waals surface area contributed by atoms with Crippen LogP contribution in [0.5, 0.6) is 5.75 Å². The van der Waals surface area contributed by atoms with Crippen molar-refractivity contribution >= 4 is 28.3 Å². The summed E-state index contributed by atoms with van der Waals surface area (Å²) in [5.41, 5.74) is 1.29. The molecule has 168 valence electrons. The van der Waals surface area contributed by atoms with E-state index in [0.29, 0.717) is 25.6 Å². The molecule has 0 unspecified atom stereocenters. The van der Waals surface area contributed by atoms with Crippen molar-refractivity contribution in [1.29, 1.82) is 0 Å². The molecule has 1 aliphatic heterocycles. The summed E-state index contributed by atoms with van der Waals surface area (Å²) in [5, 5.41) is 3.52. The number of pyridine rings is 2. The summed E-state index contributed by atoms with van der Waals surface area (Å²) in [6.07, 6.45) is 1.65. The number of carbonyl (C=O) groups is 1. The second kappa shape index (κ2) is 9.40. The van der Waals surface area contributed by atoms with Crippen molar-refractivity contribution in [2.45, 2.75) is 20.4 Å². The highest BCUT2D eigenvalue weighted by Gasteiger charge is 2.24. The highest BCUT2D eigenvalue weighted by molar-refractivity contribution is 6.09. The number of benzene rings is 1. The predicted octanol–water partition coefficient (Wildman–Crippen LogP) is 3.15. The van der Waals surface area contributed by atoms with Crippen molar-refractivity contribution < 1.29 is 14.3 Å². The molecule has 8 nitrogen and oxygen atoms in total. The fourth-order valence-electron chi connectivity index (χ4n) is 4.02. The zero-order valence-electron chi connectivity index (χ0n) is 18.6. The summed E-state index contributed by atoms with van der Waals surface area (Å²) < 4.78 is 12.6. The minimum absolute atomic E-state index is 0.0228. The number of carbonyl (C=O) groups excluding carboxylic acids is 1. The lowest BCUT2D eigenvalue weighted by atomic mass is 10.1. The number of methoxy groups -OCH3 is 1. The van der Waals surface area contributed by atoms with Crippen molar-refractivity contribution in [3.8, 4) is 5.75 Å². The van der Waals surface area contributed by atoms with E-state index in [0.717, 1.165) is 29.7 Å². The molecule has 0 bridgehead atoms. The Bertz CT molecular complexity index is 1180. The van der Waals surface area contributed by atoms with Gasteiger partial charge in [0.1, 0.15) is 17.1 Å². The Balaban J connectivity index is 1.74. The van der Waals surface area contributed by atoms with Gasteiger partial charge in [0.15, 0.2) is 0 Å². The van der Waals surface area contributed by atoms with Gasteiger partial charge in [0.2, 0.25) is 0 Å². The Morgan fingerprint density at radius 2 is 1.97 bits per heavy atom. The average molecular weight is 437 g/mol. The summed E-state index contributed by atoms with van der Waals surface area (Å²) in [7, 11) is 1.47. The summed E-state index contributed by atoms with van der Waals surface area (Å²) in [6.45, 7) is 7.43. The number of nitrogens with zero attached hydrogens (tertiary/aromatic N) is 3. The molecule has 0 atom stereocenters. The Morgan fingerprint density at radius 1 is 1.22 bits per heavy atom. The number of nitrogens with one attached hydrogen (secondary N) is 1. The molecule has 1 aliphatic rings. The number of fused-ring (bicyclic) bond motifs is 1. The molecule has 1 N–H and O–H groups in total. The third-order valence-electron chi connectivity index (χ3n) is 5.47. The van der Waals surface area contributed by atoms with Crippen LogP contribution in [0.4, 0.5) is 11.5 Å². The van der Waals surface area contributed by atoms with Gasteiger partial charge in [-0.25, -0.2) is 4.98 Å². The van der Waals surface area contributed by atoms with Gasteiger partial charge in [-0.1, -0.05) is 26.0 Å². The molecule has 3 heterocycles. The molecule has 1 fully saturated rings. The summed E-state index contributed by atoms with van der Waals surface area (Å²) >= 11 is 0. The topological polar surface area (TPSA) is 85.7 Å². The molecule has 0 radical (unpaired) electrons. The third kappa shape index (κ3) is 4.31. The van der Waals surface area contributed by atoms with Gasteiger partial charge in [-0.2, -0.15) is 0 Å². The van der Waals surface area contributed by atoms with Crippen LogP contribution in [0, 0.1) is 5.92 Å². The van der Waals surface area contributed by atoms with Crippen LogP contribution < -0.4 is 20.5 Å². The van der Waals surface area contributed by atoms with Gasteiger partial charge in [0, 0.05) is 43.0 Å². The van der Waals surface area contributed by atoms with Crippen molar-refractivity contribution in [2.75, 3.05) is 43.6 Å². The Hall–Kier alpha value is -3.39. The number of aromatic nitrogens is 2. The van der Waals surface area contributed by atoms with Gasteiger partial charge in [-0.15, -0.1) is 0 Å². The third-order valence-corrected chi connectivity index (χ3v) is 5.47. The number of ether oxygens (including phenoxy) is 2. The van der Waals surface area contributed by atoms with E-state index in [4.69, 9.17) is 9.47 Å². The smallest absolute Gasteiger partial charge is 0.267 e. The fraction of sp³-hybridized carbons (Fsp3) is 0.375. The van der Waals surface area contributed by atoms with Crippen LogP contribution >= 0.6 is 0 Å². The predicted molar refractivity (Wildman–Crippen MR) is 125 cm³/mol. The second-order valence-corrected chi connectivity index (χ2v) is 8.19. The van der Waals surface area contributed by atoms with E-state index < -0.39 is 5.91 Å². The van der Waals surface area contributed by atoms with Crippen molar-refractivity contribution in [3.05, 3.63) is 58.5 Å². The monoisotopic (exact) mass is 436 g/mol. The van der Waals surface area contributed by atoms with Crippen LogP contribution in [0.2, 0.25) is 0 Å². The molecule has 0 spiro atoms. The summed E-state index contributed by atoms with van der Waals surface area (Å²) in [5.74, 6) is 0.338. The molecular weight excluding hydrogens is 408 g/mol. The van der Waals surface area contributed by atoms with Crippen LogP contribution in [0.15, 0.2) is 47.4 Å². The SMILES string of the molecule is COc1c(C(=O)Nc2cc(N3CCOCC3)ccn2)c(=O)n(CC(C)C)c2ccccc12. The Labute approximate surface area is 186 Å². The quantitative estimate of drug-likeness (QED) is 0.639. The first-order valence-corrected chi connectivity index (χ1v) is 10.8. The highest BCUT2D eigenvalue weighted by Crippen LogP contribution is 2.28. The van der Waals surface area contributed by atoms with E-state index in [1.54, 1.807) is 10.8 Å². The van der Waals surface area contributed by atoms with E-state index in [-0.39, 0.29) is 22.8 Å². The number of morpholine rings is 1. The lowest BCUT2D eigenvalue weighted by Crippen LogP contribution is -2.36. The number of amides is 1. The van der Waals surface area contributed by atoms with Gasteiger partial charge >= 0.3 is 0 Å². The van der Waals surface area contributed by atoms with Crippen LogP contribution in [0.3, 0.4) is 0 Å². The summed E-state index contributed by atoms with van der Waals surface area (Å²) in [6, 6.07) is 11.2. The normalized spacial score (nSPS) is 14.1. The van der Waals surface area contributed by atoms with Gasteiger partial charge in [-0.05, 0) is 24.1 Å². The molecule has 1 aromatic carbocycles. The van der Waals surface area contributed by atoms with E-state index in [2.05, 4.69) is 15.2 Å². The number of para-hydroxylation sites is 1. The molecule has 32 heavy (non-hydrogen) atoms. The molecule has 4 rings (SSSR count). The summed E-state index contributed by atoms with van der Waals surface area (Å²) in [4.78, 5) is 33.2. The highest BCUT2D eigenvalue weighted by atomic mass is 16.5. The van der Waals surface area contributed by atoms with Crippen LogP contribution in [0.1, 0.15) is 24.2 Å². The molecule has 3 aromatic rings. The van der Waals surface area contributed by atoms with Crippen LogP contribution in [-0.2, 0) is 11.3 Å². The number of hydrogen-bond donors (Lipinski definition) is 1. The van der Waals surface area contributed by atoms with E-state index in [9.17, 15) is 9.59 Å². The minimum Gasteiger partial charge on any atom is -0.495 e. The first-order chi connectivity index (χ1) is 15.5. The molecule has 0 aliphatic carbocycles. The van der Waals surface area contributed by atoms with E-state index in [1.807, 2.05) is 50.2 Å². The first kappa shape index (κ1) is 21.8.